The van der Waals surface area contributed by atoms with Crippen LogP contribution >= 0.6 is 11.6 Å². The standard InChI is InChI=1S/C17H20ClN/c1-14(2)19(13-15-8-4-3-5-9-15)17-11-7-6-10-16(17)12-18/h3-11,14H,12-13H2,1-2H3. The molecular formula is C17H20ClN. The molecule has 1 nitrogen and oxygen atoms in total. The molecule has 0 fully saturated rings. The summed E-state index contributed by atoms with van der Waals surface area (Å²) in [7, 11) is 0. The number of para-hydroxylation sites is 1. The van der Waals surface area contributed by atoms with Crippen LogP contribution in [0.2, 0.25) is 0 Å². The average Bonchev–Trinajstić information content (AvgIpc) is 2.45. The van der Waals surface area contributed by atoms with E-state index in [1.165, 1.54) is 16.8 Å². The molecule has 2 aromatic rings. The SMILES string of the molecule is CC(C)N(Cc1ccccc1)c1ccccc1CCl. The van der Waals surface area contributed by atoms with Crippen molar-refractivity contribution in [3.63, 3.8) is 0 Å². The number of nitrogens with zero attached hydrogens (tertiary/aromatic N) is 1. The molecule has 0 spiro atoms. The van der Waals surface area contributed by atoms with Crippen molar-refractivity contribution in [1.82, 2.24) is 0 Å². The Balaban J connectivity index is 2.30. The van der Waals surface area contributed by atoms with Crippen LogP contribution in [0.25, 0.3) is 0 Å². The third-order valence-electron chi connectivity index (χ3n) is 3.26. The summed E-state index contributed by atoms with van der Waals surface area (Å²) < 4.78 is 0. The second-order valence-electron chi connectivity index (χ2n) is 4.97. The van der Waals surface area contributed by atoms with Crippen molar-refractivity contribution in [2.75, 3.05) is 4.90 Å². The van der Waals surface area contributed by atoms with E-state index >= 15 is 0 Å². The second-order valence-corrected chi connectivity index (χ2v) is 5.24. The normalized spacial score (nSPS) is 10.7. The maximum Gasteiger partial charge on any atom is 0.0494 e. The lowest BCUT2D eigenvalue weighted by molar-refractivity contribution is 0.680. The van der Waals surface area contributed by atoms with E-state index in [9.17, 15) is 0 Å². The van der Waals surface area contributed by atoms with E-state index in [1.807, 2.05) is 6.07 Å². The molecule has 100 valence electrons. The second kappa shape index (κ2) is 6.63. The number of hydrogen-bond donors (Lipinski definition) is 0. The van der Waals surface area contributed by atoms with Crippen molar-refractivity contribution in [3.05, 3.63) is 65.7 Å². The number of rotatable bonds is 5. The molecule has 19 heavy (non-hydrogen) atoms. The quantitative estimate of drug-likeness (QED) is 0.705. The average molecular weight is 274 g/mol. The largest absolute Gasteiger partial charge is 0.365 e. The van der Waals surface area contributed by atoms with Gasteiger partial charge in [0.05, 0.1) is 0 Å². The Morgan fingerprint density at radius 1 is 0.947 bits per heavy atom. The van der Waals surface area contributed by atoms with Gasteiger partial charge in [-0.1, -0.05) is 48.5 Å². The Morgan fingerprint density at radius 2 is 1.58 bits per heavy atom. The van der Waals surface area contributed by atoms with E-state index in [1.54, 1.807) is 0 Å². The van der Waals surface area contributed by atoms with Gasteiger partial charge in [-0.15, -0.1) is 11.6 Å². The number of anilines is 1. The van der Waals surface area contributed by atoms with Crippen LogP contribution in [0.4, 0.5) is 5.69 Å². The first-order valence-electron chi connectivity index (χ1n) is 6.67. The van der Waals surface area contributed by atoms with Crippen molar-refractivity contribution in [2.45, 2.75) is 32.3 Å². The van der Waals surface area contributed by atoms with Crippen LogP contribution in [-0.2, 0) is 12.4 Å². The Bertz CT molecular complexity index is 508. The van der Waals surface area contributed by atoms with Crippen molar-refractivity contribution in [2.24, 2.45) is 0 Å². The highest BCUT2D eigenvalue weighted by Crippen LogP contribution is 2.25. The third-order valence-corrected chi connectivity index (χ3v) is 3.55. The topological polar surface area (TPSA) is 3.24 Å². The highest BCUT2D eigenvalue weighted by Gasteiger charge is 2.14. The van der Waals surface area contributed by atoms with Gasteiger partial charge in [0.15, 0.2) is 0 Å². The minimum Gasteiger partial charge on any atom is -0.365 e. The first kappa shape index (κ1) is 14.0. The molecule has 0 N–H and O–H groups in total. The van der Waals surface area contributed by atoms with Gasteiger partial charge in [0.1, 0.15) is 0 Å². The van der Waals surface area contributed by atoms with Crippen molar-refractivity contribution >= 4 is 17.3 Å². The molecule has 0 radical (unpaired) electrons. The molecule has 0 heterocycles. The van der Waals surface area contributed by atoms with E-state index < -0.39 is 0 Å². The molecular weight excluding hydrogens is 254 g/mol. The third kappa shape index (κ3) is 3.51. The van der Waals surface area contributed by atoms with Gasteiger partial charge in [-0.05, 0) is 31.0 Å². The maximum atomic E-state index is 6.06. The summed E-state index contributed by atoms with van der Waals surface area (Å²) in [5.41, 5.74) is 3.74. The number of benzene rings is 2. The molecule has 2 rings (SSSR count). The summed E-state index contributed by atoms with van der Waals surface area (Å²) in [5, 5.41) is 0. The van der Waals surface area contributed by atoms with Gasteiger partial charge in [-0.25, -0.2) is 0 Å². The zero-order valence-electron chi connectivity index (χ0n) is 11.5. The van der Waals surface area contributed by atoms with Gasteiger partial charge >= 0.3 is 0 Å². The summed E-state index contributed by atoms with van der Waals surface area (Å²) >= 11 is 6.06. The van der Waals surface area contributed by atoms with Gasteiger partial charge in [-0.2, -0.15) is 0 Å². The molecule has 0 saturated carbocycles. The predicted octanol–water partition coefficient (Wildman–Crippen LogP) is 4.84. The molecule has 0 aliphatic carbocycles. The first-order chi connectivity index (χ1) is 9.22. The highest BCUT2D eigenvalue weighted by atomic mass is 35.5. The molecule has 0 bridgehead atoms. The highest BCUT2D eigenvalue weighted by molar-refractivity contribution is 6.17. The lowest BCUT2D eigenvalue weighted by Crippen LogP contribution is -2.30. The number of alkyl halides is 1. The Hall–Kier alpha value is -1.47. The number of hydrogen-bond acceptors (Lipinski definition) is 1. The minimum absolute atomic E-state index is 0.435. The fraction of sp³-hybridized carbons (Fsp3) is 0.294. The van der Waals surface area contributed by atoms with Crippen molar-refractivity contribution in [1.29, 1.82) is 0 Å². The zero-order chi connectivity index (χ0) is 13.7. The molecule has 0 aliphatic rings. The molecule has 0 atom stereocenters. The van der Waals surface area contributed by atoms with Gasteiger partial charge < -0.3 is 4.90 Å². The Kier molecular flexibility index (Phi) is 4.86. The van der Waals surface area contributed by atoms with Crippen molar-refractivity contribution < 1.29 is 0 Å². The van der Waals surface area contributed by atoms with Gasteiger partial charge in [0.25, 0.3) is 0 Å². The van der Waals surface area contributed by atoms with Crippen LogP contribution in [0.5, 0.6) is 0 Å². The van der Waals surface area contributed by atoms with E-state index in [0.717, 1.165) is 6.54 Å². The molecule has 2 heteroatoms. The van der Waals surface area contributed by atoms with Gasteiger partial charge in [0, 0.05) is 24.2 Å². The maximum absolute atomic E-state index is 6.06. The fourth-order valence-corrected chi connectivity index (χ4v) is 2.46. The van der Waals surface area contributed by atoms with Crippen LogP contribution in [0.1, 0.15) is 25.0 Å². The minimum atomic E-state index is 0.435. The lowest BCUT2D eigenvalue weighted by atomic mass is 10.1. The van der Waals surface area contributed by atoms with E-state index in [0.29, 0.717) is 11.9 Å². The smallest absolute Gasteiger partial charge is 0.0494 e. The van der Waals surface area contributed by atoms with E-state index in [4.69, 9.17) is 11.6 Å². The van der Waals surface area contributed by atoms with E-state index in [-0.39, 0.29) is 0 Å². The molecule has 0 amide bonds. The van der Waals surface area contributed by atoms with Crippen LogP contribution < -0.4 is 4.90 Å². The van der Waals surface area contributed by atoms with Crippen LogP contribution in [0.15, 0.2) is 54.6 Å². The predicted molar refractivity (Wildman–Crippen MR) is 83.8 cm³/mol. The monoisotopic (exact) mass is 273 g/mol. The summed E-state index contributed by atoms with van der Waals surface area (Å²) in [4.78, 5) is 2.40. The van der Waals surface area contributed by atoms with Crippen LogP contribution in [0, 0.1) is 0 Å². The van der Waals surface area contributed by atoms with Crippen LogP contribution in [0.3, 0.4) is 0 Å². The summed E-state index contributed by atoms with van der Waals surface area (Å²) in [6, 6.07) is 19.4. The first-order valence-corrected chi connectivity index (χ1v) is 7.20. The summed E-state index contributed by atoms with van der Waals surface area (Å²) in [5.74, 6) is 0.550. The molecule has 0 aliphatic heterocycles. The van der Waals surface area contributed by atoms with Gasteiger partial charge in [-0.3, -0.25) is 0 Å². The van der Waals surface area contributed by atoms with Crippen molar-refractivity contribution in [3.8, 4) is 0 Å². The van der Waals surface area contributed by atoms with E-state index in [2.05, 4.69) is 67.3 Å². The Labute approximate surface area is 120 Å². The summed E-state index contributed by atoms with van der Waals surface area (Å²) in [6.45, 7) is 5.34. The molecule has 2 aromatic carbocycles. The molecule has 0 unspecified atom stereocenters. The van der Waals surface area contributed by atoms with Crippen LogP contribution in [-0.4, -0.2) is 6.04 Å². The lowest BCUT2D eigenvalue weighted by Gasteiger charge is -2.31. The number of halogens is 1. The fourth-order valence-electron chi connectivity index (χ4n) is 2.23. The Morgan fingerprint density at radius 3 is 2.21 bits per heavy atom. The zero-order valence-corrected chi connectivity index (χ0v) is 12.3. The van der Waals surface area contributed by atoms with Gasteiger partial charge in [0.2, 0.25) is 0 Å². The molecule has 0 saturated heterocycles. The molecule has 0 aromatic heterocycles. The summed E-state index contributed by atoms with van der Waals surface area (Å²) in [6.07, 6.45) is 0.